The van der Waals surface area contributed by atoms with Gasteiger partial charge in [-0.1, -0.05) is 30.3 Å². The summed E-state index contributed by atoms with van der Waals surface area (Å²) in [5.74, 6) is -0.0813. The summed E-state index contributed by atoms with van der Waals surface area (Å²) in [6, 6.07) is 15.9. The van der Waals surface area contributed by atoms with Crippen LogP contribution in [0.1, 0.15) is 40.5 Å². The topological polar surface area (TPSA) is 83.4 Å². The van der Waals surface area contributed by atoms with E-state index in [1.54, 1.807) is 36.4 Å². The van der Waals surface area contributed by atoms with Crippen LogP contribution >= 0.6 is 0 Å². The van der Waals surface area contributed by atoms with Crippen LogP contribution in [-0.4, -0.2) is 62.6 Å². The first-order chi connectivity index (χ1) is 16.1. The summed E-state index contributed by atoms with van der Waals surface area (Å²) < 4.78 is 1.59. The highest BCUT2D eigenvalue weighted by molar-refractivity contribution is 5.92. The van der Waals surface area contributed by atoms with Crippen LogP contribution < -0.4 is 5.32 Å². The molecule has 8 nitrogen and oxygen atoms in total. The number of hydrogen-bond donors (Lipinski definition) is 1. The Labute approximate surface area is 194 Å². The van der Waals surface area contributed by atoms with E-state index in [1.165, 1.54) is 0 Å². The lowest BCUT2D eigenvalue weighted by Gasteiger charge is -2.32. The molecule has 33 heavy (non-hydrogen) atoms. The summed E-state index contributed by atoms with van der Waals surface area (Å²) in [4.78, 5) is 34.3. The highest BCUT2D eigenvalue weighted by Gasteiger charge is 2.26. The number of carbonyl (C=O) groups excluding carboxylic acids is 2. The number of carbonyl (C=O) groups is 2. The van der Waals surface area contributed by atoms with E-state index in [9.17, 15) is 9.59 Å². The summed E-state index contributed by atoms with van der Waals surface area (Å²) >= 11 is 0. The van der Waals surface area contributed by atoms with Crippen LogP contribution in [0.4, 0.5) is 0 Å². The molecule has 8 heteroatoms. The van der Waals surface area contributed by atoms with Gasteiger partial charge in [-0.05, 0) is 35.7 Å². The van der Waals surface area contributed by atoms with E-state index in [0.29, 0.717) is 38.3 Å². The molecule has 1 fully saturated rings. The highest BCUT2D eigenvalue weighted by Crippen LogP contribution is 2.27. The largest absolute Gasteiger partial charge is 0.354 e. The van der Waals surface area contributed by atoms with E-state index >= 15 is 0 Å². The molecule has 0 aliphatic carbocycles. The van der Waals surface area contributed by atoms with E-state index in [-0.39, 0.29) is 17.9 Å². The van der Waals surface area contributed by atoms with Crippen molar-refractivity contribution in [3.05, 3.63) is 83.9 Å². The number of nitrogens with one attached hydrogen (secondary N) is 1. The van der Waals surface area contributed by atoms with Crippen molar-refractivity contribution in [2.45, 2.75) is 25.4 Å². The molecular formula is C25H30N6O2. The first-order valence-corrected chi connectivity index (χ1v) is 11.3. The molecule has 4 rings (SSSR count). The van der Waals surface area contributed by atoms with Gasteiger partial charge in [0.15, 0.2) is 0 Å². The molecule has 1 atom stereocenters. The molecule has 3 heterocycles. The number of pyridine rings is 1. The van der Waals surface area contributed by atoms with Gasteiger partial charge in [-0.2, -0.15) is 5.10 Å². The van der Waals surface area contributed by atoms with Gasteiger partial charge in [-0.3, -0.25) is 24.2 Å². The van der Waals surface area contributed by atoms with Crippen LogP contribution in [0, 0.1) is 0 Å². The molecule has 1 aliphatic rings. The monoisotopic (exact) mass is 446 g/mol. The molecule has 0 spiro atoms. The normalized spacial score (nSPS) is 18.4. The molecule has 3 aromatic rings. The third-order valence-electron chi connectivity index (χ3n) is 6.04. The second-order valence-electron chi connectivity index (χ2n) is 8.29. The van der Waals surface area contributed by atoms with Gasteiger partial charge in [-0.25, -0.2) is 0 Å². The van der Waals surface area contributed by atoms with Crippen molar-refractivity contribution in [2.75, 3.05) is 26.2 Å². The average molecular weight is 447 g/mol. The fraction of sp³-hybridized carbons (Fsp3) is 0.360. The first kappa shape index (κ1) is 22.7. The van der Waals surface area contributed by atoms with E-state index in [2.05, 4.69) is 32.4 Å². The second kappa shape index (κ2) is 10.9. The Balaban J connectivity index is 1.58. The summed E-state index contributed by atoms with van der Waals surface area (Å²) in [5.41, 5.74) is 2.81. The predicted octanol–water partition coefficient (Wildman–Crippen LogP) is 2.41. The van der Waals surface area contributed by atoms with Crippen LogP contribution in [0.15, 0.2) is 67.1 Å². The number of hydrogen-bond acceptors (Lipinski definition) is 5. The predicted molar refractivity (Wildman–Crippen MR) is 125 cm³/mol. The van der Waals surface area contributed by atoms with Gasteiger partial charge in [0, 0.05) is 70.8 Å². The summed E-state index contributed by atoms with van der Waals surface area (Å²) in [5, 5.41) is 7.14. The quantitative estimate of drug-likeness (QED) is 0.666. The van der Waals surface area contributed by atoms with Crippen molar-refractivity contribution in [1.82, 2.24) is 29.9 Å². The SMILES string of the molecule is Cn1nccc1C(=O)N1CCCN(Cc2ccncc2)C(c2ccccc2)CC(=O)NCC1. The van der Waals surface area contributed by atoms with Crippen molar-refractivity contribution >= 4 is 11.8 Å². The lowest BCUT2D eigenvalue weighted by Crippen LogP contribution is -2.39. The first-order valence-electron chi connectivity index (χ1n) is 11.3. The van der Waals surface area contributed by atoms with Gasteiger partial charge in [0.2, 0.25) is 5.91 Å². The maximum Gasteiger partial charge on any atom is 0.272 e. The molecule has 1 aromatic carbocycles. The van der Waals surface area contributed by atoms with Crippen LogP contribution in [-0.2, 0) is 18.4 Å². The molecule has 1 saturated heterocycles. The van der Waals surface area contributed by atoms with Crippen molar-refractivity contribution in [2.24, 2.45) is 7.05 Å². The molecule has 0 radical (unpaired) electrons. The molecule has 0 saturated carbocycles. The van der Waals surface area contributed by atoms with Crippen LogP contribution in [0.5, 0.6) is 0 Å². The Kier molecular flexibility index (Phi) is 7.47. The van der Waals surface area contributed by atoms with Crippen molar-refractivity contribution < 1.29 is 9.59 Å². The van der Waals surface area contributed by atoms with Gasteiger partial charge >= 0.3 is 0 Å². The van der Waals surface area contributed by atoms with Crippen LogP contribution in [0.2, 0.25) is 0 Å². The van der Waals surface area contributed by atoms with Crippen LogP contribution in [0.3, 0.4) is 0 Å². The van der Waals surface area contributed by atoms with Crippen molar-refractivity contribution in [3.63, 3.8) is 0 Å². The molecule has 2 amide bonds. The molecule has 1 aliphatic heterocycles. The van der Waals surface area contributed by atoms with Crippen molar-refractivity contribution in [1.29, 1.82) is 0 Å². The average Bonchev–Trinajstić information content (AvgIpc) is 3.26. The molecule has 0 bridgehead atoms. The summed E-state index contributed by atoms with van der Waals surface area (Å²) in [7, 11) is 1.77. The fourth-order valence-electron chi connectivity index (χ4n) is 4.30. The van der Waals surface area contributed by atoms with Gasteiger partial charge < -0.3 is 10.2 Å². The number of rotatable bonds is 4. The smallest absolute Gasteiger partial charge is 0.272 e. The minimum atomic E-state index is -0.0659. The van der Waals surface area contributed by atoms with Gasteiger partial charge in [0.1, 0.15) is 5.69 Å². The molecule has 172 valence electrons. The minimum absolute atomic E-state index is 0.0154. The molecule has 1 N–H and O–H groups in total. The van der Waals surface area contributed by atoms with Gasteiger partial charge in [0.25, 0.3) is 5.91 Å². The maximum absolute atomic E-state index is 13.1. The maximum atomic E-state index is 13.1. The number of benzene rings is 1. The van der Waals surface area contributed by atoms with E-state index < -0.39 is 0 Å². The van der Waals surface area contributed by atoms with E-state index in [0.717, 1.165) is 24.1 Å². The second-order valence-corrected chi connectivity index (χ2v) is 8.29. The van der Waals surface area contributed by atoms with E-state index in [1.807, 2.05) is 35.2 Å². The Morgan fingerprint density at radius 3 is 2.55 bits per heavy atom. The lowest BCUT2D eigenvalue weighted by atomic mass is 10.00. The number of amides is 2. The zero-order chi connectivity index (χ0) is 23.0. The number of aromatic nitrogens is 3. The molecular weight excluding hydrogens is 416 g/mol. The third kappa shape index (κ3) is 5.84. The Bertz CT molecular complexity index is 1050. The van der Waals surface area contributed by atoms with Gasteiger partial charge in [-0.15, -0.1) is 0 Å². The Hall–Kier alpha value is -3.52. The zero-order valence-electron chi connectivity index (χ0n) is 18.9. The number of aryl methyl sites for hydroxylation is 1. The highest BCUT2D eigenvalue weighted by atomic mass is 16.2. The minimum Gasteiger partial charge on any atom is -0.354 e. The Morgan fingerprint density at radius 2 is 1.82 bits per heavy atom. The van der Waals surface area contributed by atoms with Gasteiger partial charge in [0.05, 0.1) is 0 Å². The fourth-order valence-corrected chi connectivity index (χ4v) is 4.30. The van der Waals surface area contributed by atoms with Crippen molar-refractivity contribution in [3.8, 4) is 0 Å². The molecule has 1 unspecified atom stereocenters. The lowest BCUT2D eigenvalue weighted by molar-refractivity contribution is -0.122. The summed E-state index contributed by atoms with van der Waals surface area (Å²) in [6.45, 7) is 2.95. The Morgan fingerprint density at radius 1 is 1.03 bits per heavy atom. The standard InChI is InChI=1S/C25H30N6O2/c1-29-22(10-13-28-29)25(33)30-15-5-16-31(19-20-8-11-26-12-9-20)23(18-24(32)27-14-17-30)21-6-3-2-4-7-21/h2-4,6-13,23H,5,14-19H2,1H3,(H,27,32). The zero-order valence-corrected chi connectivity index (χ0v) is 18.9. The van der Waals surface area contributed by atoms with E-state index in [4.69, 9.17) is 0 Å². The van der Waals surface area contributed by atoms with Crippen LogP contribution in [0.25, 0.3) is 0 Å². The molecule has 2 aromatic heterocycles. The number of nitrogens with zero attached hydrogens (tertiary/aromatic N) is 5. The third-order valence-corrected chi connectivity index (χ3v) is 6.04. The summed E-state index contributed by atoms with van der Waals surface area (Å²) in [6.07, 6.45) is 6.37.